The summed E-state index contributed by atoms with van der Waals surface area (Å²) in [5, 5.41) is 6.97. The maximum atomic E-state index is 12.5. The summed E-state index contributed by atoms with van der Waals surface area (Å²) in [6.45, 7) is 4.54. The van der Waals surface area contributed by atoms with Crippen LogP contribution < -0.4 is 10.1 Å². The van der Waals surface area contributed by atoms with Gasteiger partial charge in [0.15, 0.2) is 5.82 Å². The van der Waals surface area contributed by atoms with Crippen molar-refractivity contribution in [2.75, 3.05) is 13.7 Å². The van der Waals surface area contributed by atoms with Crippen molar-refractivity contribution < 1.29 is 14.1 Å². The third kappa shape index (κ3) is 3.62. The maximum Gasteiger partial charge on any atom is 0.271 e. The lowest BCUT2D eigenvalue weighted by atomic mass is 9.94. The van der Waals surface area contributed by atoms with Crippen LogP contribution in [0.3, 0.4) is 0 Å². The molecular weight excluding hydrogens is 358 g/mol. The van der Waals surface area contributed by atoms with Gasteiger partial charge in [0.25, 0.3) is 5.91 Å². The molecule has 3 heterocycles. The van der Waals surface area contributed by atoms with Crippen molar-refractivity contribution in [2.45, 2.75) is 38.5 Å². The Labute approximate surface area is 162 Å². The van der Waals surface area contributed by atoms with Crippen LogP contribution in [0.25, 0.3) is 0 Å². The third-order valence-corrected chi connectivity index (χ3v) is 4.87. The summed E-state index contributed by atoms with van der Waals surface area (Å²) in [6.07, 6.45) is 1.07. The molecule has 0 saturated heterocycles. The van der Waals surface area contributed by atoms with Gasteiger partial charge < -0.3 is 19.6 Å². The molecule has 0 saturated carbocycles. The number of rotatable bonds is 5. The minimum Gasteiger partial charge on any atom is -0.497 e. The van der Waals surface area contributed by atoms with Crippen LogP contribution in [-0.2, 0) is 12.8 Å². The number of nitrogens with zero attached hydrogens (tertiary/aromatic N) is 3. The average Bonchev–Trinajstić information content (AvgIpc) is 3.29. The Bertz CT molecular complexity index is 991. The van der Waals surface area contributed by atoms with Gasteiger partial charge in [-0.1, -0.05) is 31.1 Å². The molecule has 146 valence electrons. The number of hydrogen-bond donors (Lipinski definition) is 2. The quantitative estimate of drug-likeness (QED) is 0.704. The Balaban J connectivity index is 1.57. The zero-order valence-electron chi connectivity index (χ0n) is 16.2. The summed E-state index contributed by atoms with van der Waals surface area (Å²) >= 11 is 0. The number of imidazole rings is 1. The van der Waals surface area contributed by atoms with Crippen LogP contribution in [0, 0.1) is 0 Å². The van der Waals surface area contributed by atoms with E-state index in [1.807, 2.05) is 38.1 Å². The highest BCUT2D eigenvalue weighted by Gasteiger charge is 2.27. The van der Waals surface area contributed by atoms with Crippen molar-refractivity contribution in [3.63, 3.8) is 0 Å². The second-order valence-corrected chi connectivity index (χ2v) is 7.28. The van der Waals surface area contributed by atoms with Gasteiger partial charge in [-0.3, -0.25) is 4.79 Å². The van der Waals surface area contributed by atoms with Gasteiger partial charge in [-0.25, -0.2) is 4.98 Å². The zero-order chi connectivity index (χ0) is 19.7. The van der Waals surface area contributed by atoms with Crippen molar-refractivity contribution in [1.29, 1.82) is 0 Å². The molecule has 1 aromatic carbocycles. The van der Waals surface area contributed by atoms with Gasteiger partial charge in [0, 0.05) is 24.1 Å². The fourth-order valence-electron chi connectivity index (χ4n) is 3.36. The van der Waals surface area contributed by atoms with E-state index in [9.17, 15) is 4.79 Å². The molecule has 0 aliphatic carbocycles. The highest BCUT2D eigenvalue weighted by molar-refractivity contribution is 5.94. The average molecular weight is 381 g/mol. The molecule has 1 atom stereocenters. The molecule has 4 rings (SSSR count). The van der Waals surface area contributed by atoms with Crippen LogP contribution in [0.2, 0.25) is 0 Å². The number of carbonyl (C=O) groups is 1. The lowest BCUT2D eigenvalue weighted by molar-refractivity contribution is 0.0950. The van der Waals surface area contributed by atoms with Gasteiger partial charge >= 0.3 is 0 Å². The Morgan fingerprint density at radius 1 is 1.32 bits per heavy atom. The standard InChI is InChI=1S/C20H23N5O3/c1-11(2)20-24-17(25-28-20)9-16-22-15-8-13(10-21-19(26)18(15)23-16)12-5-4-6-14(7-12)27-3/h4-7,11,13H,8-10H2,1-3H3,(H,21,26)(H,22,23)/t13-/m1/s1. The Kier molecular flexibility index (Phi) is 4.85. The number of aromatic nitrogens is 4. The molecule has 2 N–H and O–H groups in total. The fraction of sp³-hybridized carbons (Fsp3) is 0.400. The summed E-state index contributed by atoms with van der Waals surface area (Å²) in [7, 11) is 1.65. The van der Waals surface area contributed by atoms with Gasteiger partial charge in [-0.15, -0.1) is 0 Å². The van der Waals surface area contributed by atoms with Crippen molar-refractivity contribution >= 4 is 5.91 Å². The zero-order valence-corrected chi connectivity index (χ0v) is 16.2. The Hall–Kier alpha value is -3.16. The van der Waals surface area contributed by atoms with E-state index in [1.54, 1.807) is 7.11 Å². The summed E-state index contributed by atoms with van der Waals surface area (Å²) in [5.41, 5.74) is 2.38. The summed E-state index contributed by atoms with van der Waals surface area (Å²) in [4.78, 5) is 24.7. The maximum absolute atomic E-state index is 12.5. The Morgan fingerprint density at radius 3 is 2.93 bits per heavy atom. The van der Waals surface area contributed by atoms with E-state index in [1.165, 1.54) is 0 Å². The monoisotopic (exact) mass is 381 g/mol. The molecule has 3 aromatic rings. The highest BCUT2D eigenvalue weighted by atomic mass is 16.5. The van der Waals surface area contributed by atoms with Crippen molar-refractivity contribution in [1.82, 2.24) is 25.4 Å². The van der Waals surface area contributed by atoms with Gasteiger partial charge in [0.2, 0.25) is 5.89 Å². The van der Waals surface area contributed by atoms with Gasteiger partial charge in [0.05, 0.1) is 13.5 Å². The van der Waals surface area contributed by atoms with E-state index < -0.39 is 0 Å². The molecular formula is C20H23N5O3. The van der Waals surface area contributed by atoms with Crippen LogP contribution in [0.15, 0.2) is 28.8 Å². The summed E-state index contributed by atoms with van der Waals surface area (Å²) < 4.78 is 10.6. The number of hydrogen-bond acceptors (Lipinski definition) is 6. The molecule has 0 spiro atoms. The number of fused-ring (bicyclic) bond motifs is 1. The van der Waals surface area contributed by atoms with E-state index in [0.717, 1.165) is 17.0 Å². The molecule has 8 nitrogen and oxygen atoms in total. The van der Waals surface area contributed by atoms with E-state index >= 15 is 0 Å². The number of ether oxygens (including phenoxy) is 1. The van der Waals surface area contributed by atoms with Crippen molar-refractivity contribution in [2.24, 2.45) is 0 Å². The molecule has 28 heavy (non-hydrogen) atoms. The molecule has 1 aliphatic rings. The minimum absolute atomic E-state index is 0.131. The number of carbonyl (C=O) groups excluding carboxylic acids is 1. The third-order valence-electron chi connectivity index (χ3n) is 4.87. The van der Waals surface area contributed by atoms with Crippen molar-refractivity contribution in [3.05, 3.63) is 58.8 Å². The number of H-pyrrole nitrogens is 1. The van der Waals surface area contributed by atoms with E-state index in [2.05, 4.69) is 25.4 Å². The predicted octanol–water partition coefficient (Wildman–Crippen LogP) is 2.59. The van der Waals surface area contributed by atoms with E-state index in [0.29, 0.717) is 42.6 Å². The van der Waals surface area contributed by atoms with Gasteiger partial charge in [-0.2, -0.15) is 4.98 Å². The predicted molar refractivity (Wildman–Crippen MR) is 102 cm³/mol. The van der Waals surface area contributed by atoms with Crippen LogP contribution >= 0.6 is 0 Å². The molecule has 1 amide bonds. The lowest BCUT2D eigenvalue weighted by Gasteiger charge is -2.15. The molecule has 2 aromatic heterocycles. The summed E-state index contributed by atoms with van der Waals surface area (Å²) in [5.74, 6) is 2.74. The number of nitrogens with one attached hydrogen (secondary N) is 2. The number of benzene rings is 1. The number of amides is 1. The molecule has 0 radical (unpaired) electrons. The number of aromatic amines is 1. The first-order valence-electron chi connectivity index (χ1n) is 9.36. The largest absolute Gasteiger partial charge is 0.497 e. The second-order valence-electron chi connectivity index (χ2n) is 7.28. The molecule has 1 aliphatic heterocycles. The fourth-order valence-corrected chi connectivity index (χ4v) is 3.36. The van der Waals surface area contributed by atoms with Crippen LogP contribution in [0.5, 0.6) is 5.75 Å². The first-order valence-corrected chi connectivity index (χ1v) is 9.36. The molecule has 0 bridgehead atoms. The SMILES string of the molecule is COc1cccc([C@H]2CNC(=O)c3nc(Cc4noc(C(C)C)n4)[nH]c3C2)c1. The first-order chi connectivity index (χ1) is 13.5. The van der Waals surface area contributed by atoms with Gasteiger partial charge in [-0.05, 0) is 24.1 Å². The molecule has 0 unspecified atom stereocenters. The molecule has 8 heteroatoms. The van der Waals surface area contributed by atoms with Gasteiger partial charge in [0.1, 0.15) is 17.3 Å². The van der Waals surface area contributed by atoms with Crippen LogP contribution in [0.4, 0.5) is 0 Å². The highest BCUT2D eigenvalue weighted by Crippen LogP contribution is 2.27. The smallest absolute Gasteiger partial charge is 0.271 e. The van der Waals surface area contributed by atoms with E-state index in [4.69, 9.17) is 9.26 Å². The topological polar surface area (TPSA) is 106 Å². The lowest BCUT2D eigenvalue weighted by Crippen LogP contribution is -2.26. The van der Waals surface area contributed by atoms with Crippen LogP contribution in [-0.4, -0.2) is 39.7 Å². The number of methoxy groups -OCH3 is 1. The van der Waals surface area contributed by atoms with Crippen LogP contribution in [0.1, 0.15) is 65.0 Å². The Morgan fingerprint density at radius 2 is 2.18 bits per heavy atom. The first kappa shape index (κ1) is 18.2. The second kappa shape index (κ2) is 7.46. The van der Waals surface area contributed by atoms with E-state index in [-0.39, 0.29) is 17.7 Å². The summed E-state index contributed by atoms with van der Waals surface area (Å²) in [6, 6.07) is 7.93. The minimum atomic E-state index is -0.168. The van der Waals surface area contributed by atoms with Crippen molar-refractivity contribution in [3.8, 4) is 5.75 Å². The normalized spacial score (nSPS) is 16.6. The molecule has 0 fully saturated rings.